The molecule has 0 bridgehead atoms. The first-order chi connectivity index (χ1) is 7.24. The summed E-state index contributed by atoms with van der Waals surface area (Å²) in [6.45, 7) is 2.64. The highest BCUT2D eigenvalue weighted by Crippen LogP contribution is 2.17. The van der Waals surface area contributed by atoms with Gasteiger partial charge in [0.05, 0.1) is 19.1 Å². The van der Waals surface area contributed by atoms with Gasteiger partial charge in [-0.05, 0) is 18.4 Å². The van der Waals surface area contributed by atoms with Gasteiger partial charge in [0.15, 0.2) is 0 Å². The first-order valence-electron chi connectivity index (χ1n) is 4.71. The van der Waals surface area contributed by atoms with Crippen LogP contribution in [0.2, 0.25) is 0 Å². The fourth-order valence-electron chi connectivity index (χ4n) is 1.15. The zero-order valence-electron chi connectivity index (χ0n) is 8.62. The summed E-state index contributed by atoms with van der Waals surface area (Å²) >= 11 is 1.63. The van der Waals surface area contributed by atoms with E-state index in [2.05, 4.69) is 16.6 Å². The zero-order chi connectivity index (χ0) is 11.1. The lowest BCUT2D eigenvalue weighted by molar-refractivity contribution is -0.120. The number of nitrogens with one attached hydrogen (secondary N) is 2. The maximum Gasteiger partial charge on any atom is 0.234 e. The van der Waals surface area contributed by atoms with E-state index in [0.29, 0.717) is 6.54 Å². The number of carbonyl (C=O) groups excluding carboxylic acids is 1. The number of carbonyl (C=O) groups is 1. The Morgan fingerprint density at radius 3 is 3.13 bits per heavy atom. The maximum atomic E-state index is 11.4. The summed E-state index contributed by atoms with van der Waals surface area (Å²) in [7, 11) is 0. The zero-order valence-corrected chi connectivity index (χ0v) is 9.43. The molecule has 1 rings (SSSR count). The van der Waals surface area contributed by atoms with Crippen molar-refractivity contribution in [1.82, 2.24) is 10.6 Å². The number of thiophene rings is 1. The molecular formula is C11H14N2OS. The molecule has 0 aliphatic rings. The van der Waals surface area contributed by atoms with Crippen molar-refractivity contribution >= 4 is 17.2 Å². The molecule has 80 valence electrons. The third-order valence-corrected chi connectivity index (χ3v) is 2.92. The van der Waals surface area contributed by atoms with Crippen LogP contribution in [0.5, 0.6) is 0 Å². The molecule has 0 spiro atoms. The van der Waals surface area contributed by atoms with Gasteiger partial charge in [-0.15, -0.1) is 17.8 Å². The Morgan fingerprint density at radius 1 is 1.73 bits per heavy atom. The van der Waals surface area contributed by atoms with Gasteiger partial charge >= 0.3 is 0 Å². The van der Waals surface area contributed by atoms with Crippen LogP contribution < -0.4 is 10.6 Å². The molecule has 3 nitrogen and oxygen atoms in total. The lowest BCUT2D eigenvalue weighted by atomic mass is 10.3. The van der Waals surface area contributed by atoms with Crippen molar-refractivity contribution in [2.75, 3.05) is 13.1 Å². The molecule has 2 N–H and O–H groups in total. The van der Waals surface area contributed by atoms with E-state index in [1.54, 1.807) is 11.3 Å². The molecule has 0 aliphatic carbocycles. The average Bonchev–Trinajstić information content (AvgIpc) is 2.70. The summed E-state index contributed by atoms with van der Waals surface area (Å²) < 4.78 is 0. The molecule has 0 aromatic carbocycles. The molecule has 0 radical (unpaired) electrons. The number of terminal acetylenes is 1. The molecule has 0 unspecified atom stereocenters. The smallest absolute Gasteiger partial charge is 0.234 e. The maximum absolute atomic E-state index is 11.4. The van der Waals surface area contributed by atoms with Crippen molar-refractivity contribution < 1.29 is 4.79 Å². The second-order valence-corrected chi connectivity index (χ2v) is 4.09. The lowest BCUT2D eigenvalue weighted by Gasteiger charge is -2.11. The van der Waals surface area contributed by atoms with Crippen molar-refractivity contribution in [1.29, 1.82) is 0 Å². The van der Waals surface area contributed by atoms with Gasteiger partial charge in [-0.1, -0.05) is 12.0 Å². The van der Waals surface area contributed by atoms with Gasteiger partial charge in [0.2, 0.25) is 5.91 Å². The highest BCUT2D eigenvalue weighted by atomic mass is 32.1. The average molecular weight is 222 g/mol. The third kappa shape index (κ3) is 4.15. The summed E-state index contributed by atoms with van der Waals surface area (Å²) in [5, 5.41) is 7.72. The van der Waals surface area contributed by atoms with Gasteiger partial charge in [0.1, 0.15) is 0 Å². The second kappa shape index (κ2) is 6.23. The van der Waals surface area contributed by atoms with Gasteiger partial charge in [-0.3, -0.25) is 10.1 Å². The predicted octanol–water partition coefficient (Wildman–Crippen LogP) is 1.15. The van der Waals surface area contributed by atoms with Gasteiger partial charge in [-0.2, -0.15) is 0 Å². The quantitative estimate of drug-likeness (QED) is 0.579. The van der Waals surface area contributed by atoms with E-state index in [1.807, 2.05) is 24.4 Å². The number of hydrogen-bond acceptors (Lipinski definition) is 3. The Labute approximate surface area is 93.9 Å². The fraction of sp³-hybridized carbons (Fsp3) is 0.364. The van der Waals surface area contributed by atoms with Crippen LogP contribution >= 0.6 is 11.3 Å². The molecule has 1 aromatic heterocycles. The Hall–Kier alpha value is -1.31. The standard InChI is InChI=1S/C11H14N2OS/c1-3-6-12-8-11(14)13-9(2)10-5-4-7-15-10/h1,4-5,7,9,12H,6,8H2,2H3,(H,13,14)/t9-/m0/s1. The number of amides is 1. The predicted molar refractivity (Wildman–Crippen MR) is 62.6 cm³/mol. The second-order valence-electron chi connectivity index (χ2n) is 3.11. The minimum atomic E-state index is -0.0360. The van der Waals surface area contributed by atoms with E-state index in [4.69, 9.17) is 6.42 Å². The van der Waals surface area contributed by atoms with Crippen LogP contribution in [0.15, 0.2) is 17.5 Å². The molecule has 0 saturated heterocycles. The van der Waals surface area contributed by atoms with Crippen molar-refractivity contribution in [3.8, 4) is 12.3 Å². The van der Waals surface area contributed by atoms with Gasteiger partial charge in [0.25, 0.3) is 0 Å². The summed E-state index contributed by atoms with van der Waals surface area (Å²) in [6, 6.07) is 4.04. The molecule has 1 atom stereocenters. The van der Waals surface area contributed by atoms with Crippen LogP contribution in [-0.4, -0.2) is 19.0 Å². The monoisotopic (exact) mass is 222 g/mol. The fourth-order valence-corrected chi connectivity index (χ4v) is 1.88. The first-order valence-corrected chi connectivity index (χ1v) is 5.59. The Bertz CT molecular complexity index is 340. The lowest BCUT2D eigenvalue weighted by Crippen LogP contribution is -2.35. The molecule has 0 aliphatic heterocycles. The van der Waals surface area contributed by atoms with E-state index in [0.717, 1.165) is 4.88 Å². The molecule has 0 fully saturated rings. The normalized spacial score (nSPS) is 11.7. The minimum absolute atomic E-state index is 0.0360. The van der Waals surface area contributed by atoms with Crippen molar-refractivity contribution in [3.05, 3.63) is 22.4 Å². The number of hydrogen-bond donors (Lipinski definition) is 2. The van der Waals surface area contributed by atoms with Crippen LogP contribution in [0.3, 0.4) is 0 Å². The van der Waals surface area contributed by atoms with Crippen LogP contribution in [-0.2, 0) is 4.79 Å². The van der Waals surface area contributed by atoms with Gasteiger partial charge in [0, 0.05) is 4.88 Å². The third-order valence-electron chi connectivity index (χ3n) is 1.86. The van der Waals surface area contributed by atoms with Crippen LogP contribution in [0.1, 0.15) is 17.8 Å². The van der Waals surface area contributed by atoms with Crippen molar-refractivity contribution in [3.63, 3.8) is 0 Å². The largest absolute Gasteiger partial charge is 0.348 e. The SMILES string of the molecule is C#CCNCC(=O)N[C@@H](C)c1cccs1. The van der Waals surface area contributed by atoms with Crippen molar-refractivity contribution in [2.45, 2.75) is 13.0 Å². The van der Waals surface area contributed by atoms with Gasteiger partial charge in [-0.25, -0.2) is 0 Å². The molecule has 0 saturated carbocycles. The van der Waals surface area contributed by atoms with Crippen LogP contribution in [0.25, 0.3) is 0 Å². The van der Waals surface area contributed by atoms with E-state index < -0.39 is 0 Å². The first kappa shape index (κ1) is 11.8. The highest BCUT2D eigenvalue weighted by molar-refractivity contribution is 7.10. The summed E-state index contributed by atoms with van der Waals surface area (Å²) in [6.07, 6.45) is 5.05. The van der Waals surface area contributed by atoms with Gasteiger partial charge < -0.3 is 5.32 Å². The van der Waals surface area contributed by atoms with E-state index in [1.165, 1.54) is 0 Å². The number of rotatable bonds is 5. The minimum Gasteiger partial charge on any atom is -0.348 e. The molecule has 4 heteroatoms. The van der Waals surface area contributed by atoms with Crippen LogP contribution in [0, 0.1) is 12.3 Å². The molecule has 1 aromatic rings. The van der Waals surface area contributed by atoms with Crippen molar-refractivity contribution in [2.24, 2.45) is 0 Å². The summed E-state index contributed by atoms with van der Waals surface area (Å²) in [4.78, 5) is 12.5. The molecule has 1 amide bonds. The molecule has 1 heterocycles. The Balaban J connectivity index is 2.29. The van der Waals surface area contributed by atoms with E-state index in [9.17, 15) is 4.79 Å². The Morgan fingerprint density at radius 2 is 2.53 bits per heavy atom. The molecular weight excluding hydrogens is 208 g/mol. The van der Waals surface area contributed by atoms with E-state index in [-0.39, 0.29) is 18.5 Å². The summed E-state index contributed by atoms with van der Waals surface area (Å²) in [5.74, 6) is 2.38. The highest BCUT2D eigenvalue weighted by Gasteiger charge is 2.09. The Kier molecular flexibility index (Phi) is 4.88. The van der Waals surface area contributed by atoms with E-state index >= 15 is 0 Å². The summed E-state index contributed by atoms with van der Waals surface area (Å²) in [5.41, 5.74) is 0. The van der Waals surface area contributed by atoms with Crippen LogP contribution in [0.4, 0.5) is 0 Å². The topological polar surface area (TPSA) is 41.1 Å². The molecule has 15 heavy (non-hydrogen) atoms.